The van der Waals surface area contributed by atoms with E-state index < -0.39 is 5.69 Å². The van der Waals surface area contributed by atoms with Crippen LogP contribution in [0.25, 0.3) is 0 Å². The molecule has 4 heteroatoms. The van der Waals surface area contributed by atoms with Gasteiger partial charge in [-0.15, -0.1) is 0 Å². The van der Waals surface area contributed by atoms with Crippen molar-refractivity contribution in [1.29, 1.82) is 0 Å². The van der Waals surface area contributed by atoms with Gasteiger partial charge in [-0.2, -0.15) is 0 Å². The molecule has 0 bridgehead atoms. The molecule has 19 heavy (non-hydrogen) atoms. The smallest absolute Gasteiger partial charge is 0.311 e. The fourth-order valence-corrected chi connectivity index (χ4v) is 2.12. The van der Waals surface area contributed by atoms with Crippen molar-refractivity contribution in [2.45, 2.75) is 32.1 Å². The summed E-state index contributed by atoms with van der Waals surface area (Å²) < 4.78 is 0. The van der Waals surface area contributed by atoms with Crippen LogP contribution in [0.4, 0.5) is 0 Å². The van der Waals surface area contributed by atoms with Gasteiger partial charge in [-0.1, -0.05) is 36.8 Å². The Morgan fingerprint density at radius 1 is 0.842 bits per heavy atom. The van der Waals surface area contributed by atoms with E-state index >= 15 is 0 Å². The van der Waals surface area contributed by atoms with Gasteiger partial charge in [0.1, 0.15) is 0 Å². The van der Waals surface area contributed by atoms with Crippen LogP contribution in [0.3, 0.4) is 0 Å². The summed E-state index contributed by atoms with van der Waals surface area (Å²) in [7, 11) is 0. The molecular weight excluding hydrogens is 240 g/mol. The molecule has 1 aromatic heterocycles. The maximum absolute atomic E-state index is 11.1. The molecule has 2 rings (SSSR count). The first-order chi connectivity index (χ1) is 9.24. The molecule has 100 valence electrons. The van der Waals surface area contributed by atoms with E-state index in [-0.39, 0.29) is 5.56 Å². The second-order valence-corrected chi connectivity index (χ2v) is 4.66. The average Bonchev–Trinajstić information content (AvgIpc) is 2.38. The van der Waals surface area contributed by atoms with Gasteiger partial charge < -0.3 is 4.98 Å². The summed E-state index contributed by atoms with van der Waals surface area (Å²) >= 11 is 0. The standard InChI is InChI=1S/C15H18N2O2/c18-14-11-13(16-15(19)17-14)10-6-2-5-9-12-7-3-1-4-8-12/h1,3-4,7-8,11H,2,5-6,9-10H2,(H2,16,17,18,19). The van der Waals surface area contributed by atoms with Crippen LogP contribution in [0.5, 0.6) is 0 Å². The number of nitrogens with one attached hydrogen (secondary N) is 2. The first kappa shape index (κ1) is 13.3. The molecule has 0 saturated heterocycles. The zero-order valence-electron chi connectivity index (χ0n) is 10.8. The Hall–Kier alpha value is -2.10. The van der Waals surface area contributed by atoms with Crippen molar-refractivity contribution in [3.8, 4) is 0 Å². The summed E-state index contributed by atoms with van der Waals surface area (Å²) in [5.74, 6) is 0. The fourth-order valence-electron chi connectivity index (χ4n) is 2.12. The largest absolute Gasteiger partial charge is 0.325 e. The molecule has 2 N–H and O–H groups in total. The van der Waals surface area contributed by atoms with Gasteiger partial charge >= 0.3 is 5.69 Å². The second-order valence-electron chi connectivity index (χ2n) is 4.66. The van der Waals surface area contributed by atoms with Crippen molar-refractivity contribution in [2.75, 3.05) is 0 Å². The van der Waals surface area contributed by atoms with Gasteiger partial charge in [-0.05, 0) is 31.2 Å². The topological polar surface area (TPSA) is 65.7 Å². The summed E-state index contributed by atoms with van der Waals surface area (Å²) in [4.78, 5) is 27.0. The fraction of sp³-hybridized carbons (Fsp3) is 0.333. The first-order valence-electron chi connectivity index (χ1n) is 6.60. The van der Waals surface area contributed by atoms with Gasteiger partial charge in [-0.25, -0.2) is 4.79 Å². The van der Waals surface area contributed by atoms with Gasteiger partial charge in [0, 0.05) is 11.8 Å². The minimum absolute atomic E-state index is 0.331. The summed E-state index contributed by atoms with van der Waals surface area (Å²) in [6, 6.07) is 11.8. The number of aromatic nitrogens is 2. The van der Waals surface area contributed by atoms with Crippen LogP contribution < -0.4 is 11.2 Å². The van der Waals surface area contributed by atoms with Crippen LogP contribution in [0.15, 0.2) is 46.0 Å². The van der Waals surface area contributed by atoms with E-state index in [0.29, 0.717) is 5.69 Å². The Kier molecular flexibility index (Phi) is 4.72. The van der Waals surface area contributed by atoms with Gasteiger partial charge in [0.25, 0.3) is 5.56 Å². The number of rotatable bonds is 6. The zero-order chi connectivity index (χ0) is 13.5. The molecule has 0 aliphatic heterocycles. The highest BCUT2D eigenvalue weighted by Gasteiger charge is 1.98. The minimum atomic E-state index is -0.424. The molecule has 0 aliphatic rings. The van der Waals surface area contributed by atoms with Crippen molar-refractivity contribution < 1.29 is 0 Å². The van der Waals surface area contributed by atoms with Crippen molar-refractivity contribution in [3.63, 3.8) is 0 Å². The van der Waals surface area contributed by atoms with Crippen LogP contribution in [0.1, 0.15) is 30.5 Å². The van der Waals surface area contributed by atoms with E-state index in [1.165, 1.54) is 11.6 Å². The summed E-state index contributed by atoms with van der Waals surface area (Å²) in [5.41, 5.74) is 1.32. The molecule has 0 saturated carbocycles. The molecule has 0 radical (unpaired) electrons. The SMILES string of the molecule is O=c1cc(CCCCCc2ccccc2)[nH]c(=O)[nH]1. The Bertz CT molecular complexity index is 586. The molecule has 0 unspecified atom stereocenters. The molecule has 0 spiro atoms. The number of aryl methyl sites for hydroxylation is 2. The lowest BCUT2D eigenvalue weighted by Gasteiger charge is -2.02. The van der Waals surface area contributed by atoms with Crippen molar-refractivity contribution in [3.05, 3.63) is 68.5 Å². The number of hydrogen-bond donors (Lipinski definition) is 2. The third-order valence-electron chi connectivity index (χ3n) is 3.07. The van der Waals surface area contributed by atoms with Crippen LogP contribution in [-0.2, 0) is 12.8 Å². The highest BCUT2D eigenvalue weighted by molar-refractivity contribution is 5.14. The molecule has 0 amide bonds. The Morgan fingerprint density at radius 3 is 2.32 bits per heavy atom. The summed E-state index contributed by atoms with van der Waals surface area (Å²) in [6.07, 6.45) is 5.01. The number of aromatic amines is 2. The van der Waals surface area contributed by atoms with E-state index in [0.717, 1.165) is 32.1 Å². The molecule has 0 aliphatic carbocycles. The zero-order valence-corrected chi connectivity index (χ0v) is 10.8. The number of benzene rings is 1. The van der Waals surface area contributed by atoms with Crippen molar-refractivity contribution in [1.82, 2.24) is 9.97 Å². The maximum atomic E-state index is 11.1. The predicted molar refractivity (Wildman–Crippen MR) is 75.4 cm³/mol. The molecule has 2 aromatic rings. The Morgan fingerprint density at radius 2 is 1.58 bits per heavy atom. The molecule has 4 nitrogen and oxygen atoms in total. The van der Waals surface area contributed by atoms with E-state index in [4.69, 9.17) is 0 Å². The van der Waals surface area contributed by atoms with Gasteiger partial charge in [0.2, 0.25) is 0 Å². The lowest BCUT2D eigenvalue weighted by Crippen LogP contribution is -2.22. The van der Waals surface area contributed by atoms with E-state index in [1.54, 1.807) is 0 Å². The van der Waals surface area contributed by atoms with Gasteiger partial charge in [-0.3, -0.25) is 9.78 Å². The number of hydrogen-bond acceptors (Lipinski definition) is 2. The number of unbranched alkanes of at least 4 members (excludes halogenated alkanes) is 2. The van der Waals surface area contributed by atoms with E-state index in [1.807, 2.05) is 6.07 Å². The van der Waals surface area contributed by atoms with E-state index in [9.17, 15) is 9.59 Å². The Balaban J connectivity index is 1.72. The lowest BCUT2D eigenvalue weighted by atomic mass is 10.1. The highest BCUT2D eigenvalue weighted by Crippen LogP contribution is 2.07. The second kappa shape index (κ2) is 6.73. The van der Waals surface area contributed by atoms with Crippen LogP contribution in [-0.4, -0.2) is 9.97 Å². The van der Waals surface area contributed by atoms with E-state index in [2.05, 4.69) is 34.2 Å². The normalized spacial score (nSPS) is 10.5. The predicted octanol–water partition coefficient (Wildman–Crippen LogP) is 2.02. The Labute approximate surface area is 111 Å². The third-order valence-corrected chi connectivity index (χ3v) is 3.07. The van der Waals surface area contributed by atoms with Crippen molar-refractivity contribution >= 4 is 0 Å². The first-order valence-corrected chi connectivity index (χ1v) is 6.60. The highest BCUT2D eigenvalue weighted by atomic mass is 16.2. The lowest BCUT2D eigenvalue weighted by molar-refractivity contribution is 0.668. The van der Waals surface area contributed by atoms with Crippen LogP contribution >= 0.6 is 0 Å². The van der Waals surface area contributed by atoms with Gasteiger partial charge in [0.05, 0.1) is 0 Å². The summed E-state index contributed by atoms with van der Waals surface area (Å²) in [6.45, 7) is 0. The van der Waals surface area contributed by atoms with Crippen molar-refractivity contribution in [2.24, 2.45) is 0 Å². The van der Waals surface area contributed by atoms with Gasteiger partial charge in [0.15, 0.2) is 0 Å². The third kappa shape index (κ3) is 4.58. The quantitative estimate of drug-likeness (QED) is 0.778. The minimum Gasteiger partial charge on any atom is -0.311 e. The average molecular weight is 258 g/mol. The monoisotopic (exact) mass is 258 g/mol. The number of H-pyrrole nitrogens is 2. The molecule has 0 fully saturated rings. The van der Waals surface area contributed by atoms with Crippen LogP contribution in [0, 0.1) is 0 Å². The summed E-state index contributed by atoms with van der Waals surface area (Å²) in [5, 5.41) is 0. The maximum Gasteiger partial charge on any atom is 0.325 e. The molecule has 1 aromatic carbocycles. The molecule has 0 atom stereocenters. The van der Waals surface area contributed by atoms with Crippen LogP contribution in [0.2, 0.25) is 0 Å². The molecule has 1 heterocycles. The molecular formula is C15H18N2O2.